The Morgan fingerprint density at radius 3 is 1.10 bits per heavy atom. The maximum atomic E-state index is 2.30. The van der Waals surface area contributed by atoms with Crippen LogP contribution in [0, 0.1) is 0 Å². The molecule has 3 aromatic carbocycles. The summed E-state index contributed by atoms with van der Waals surface area (Å²) in [7, 11) is 0. The highest BCUT2D eigenvalue weighted by Crippen LogP contribution is 2.47. The van der Waals surface area contributed by atoms with Crippen molar-refractivity contribution in [3.8, 4) is 11.1 Å². The summed E-state index contributed by atoms with van der Waals surface area (Å²) < 4.78 is 0. The molecule has 0 spiro atoms. The van der Waals surface area contributed by atoms with Gasteiger partial charge in [0.2, 0.25) is 0 Å². The van der Waals surface area contributed by atoms with E-state index in [9.17, 15) is 0 Å². The van der Waals surface area contributed by atoms with Gasteiger partial charge in [0.25, 0.3) is 0 Å². The van der Waals surface area contributed by atoms with Gasteiger partial charge < -0.3 is 0 Å². The molecule has 0 saturated carbocycles. The van der Waals surface area contributed by atoms with Crippen LogP contribution in [0.1, 0.15) is 85.1 Å². The topological polar surface area (TPSA) is 0 Å². The number of fused-ring (bicyclic) bond motifs is 3. The van der Waals surface area contributed by atoms with E-state index in [-0.39, 0.29) is 23.7 Å². The largest absolute Gasteiger partial charge is 0.0776 e. The van der Waals surface area contributed by atoms with Crippen molar-refractivity contribution in [2.24, 2.45) is 0 Å². The monoisotopic (exact) mass is 400 g/mol. The van der Waals surface area contributed by atoms with Gasteiger partial charge in [0.1, 0.15) is 0 Å². The molecule has 160 valence electrons. The fourth-order valence-electron chi connectivity index (χ4n) is 4.14. The summed E-state index contributed by atoms with van der Waals surface area (Å²) in [6.45, 7) is 18.1. The van der Waals surface area contributed by atoms with Crippen molar-refractivity contribution >= 4 is 0 Å². The van der Waals surface area contributed by atoms with E-state index in [0.717, 1.165) is 0 Å². The summed E-state index contributed by atoms with van der Waals surface area (Å²) in [6, 6.07) is 26.5. The lowest BCUT2D eigenvalue weighted by Gasteiger charge is -2.23. The zero-order valence-corrected chi connectivity index (χ0v) is 19.4. The highest BCUT2D eigenvalue weighted by Gasteiger charge is 2.34. The van der Waals surface area contributed by atoms with E-state index in [0.29, 0.717) is 0 Å². The van der Waals surface area contributed by atoms with Crippen LogP contribution in [-0.4, -0.2) is 0 Å². The Balaban J connectivity index is 0.000000208. The summed E-state index contributed by atoms with van der Waals surface area (Å²) in [5.41, 5.74) is 9.20. The SMILES string of the molecule is C.CC(C)(C)c1ccc(C(C)(C)C)cc1.CC1(C)c2ccccc2-c2ccccc21. The molecular formula is C30H40. The molecule has 0 saturated heterocycles. The third-order valence-corrected chi connectivity index (χ3v) is 6.11. The molecule has 4 rings (SSSR count). The third-order valence-electron chi connectivity index (χ3n) is 6.11. The lowest BCUT2D eigenvalue weighted by Crippen LogP contribution is -2.14. The van der Waals surface area contributed by atoms with Crippen molar-refractivity contribution < 1.29 is 0 Å². The third kappa shape index (κ3) is 4.69. The van der Waals surface area contributed by atoms with Crippen LogP contribution < -0.4 is 0 Å². The molecule has 30 heavy (non-hydrogen) atoms. The van der Waals surface area contributed by atoms with Crippen molar-refractivity contribution in [1.29, 1.82) is 0 Å². The molecule has 0 aliphatic heterocycles. The van der Waals surface area contributed by atoms with E-state index in [1.54, 1.807) is 0 Å². The van der Waals surface area contributed by atoms with Crippen molar-refractivity contribution in [2.45, 2.75) is 79.1 Å². The van der Waals surface area contributed by atoms with E-state index in [1.807, 2.05) is 0 Å². The number of hydrogen-bond acceptors (Lipinski definition) is 0. The first kappa shape index (κ1) is 23.9. The van der Waals surface area contributed by atoms with Gasteiger partial charge in [-0.05, 0) is 44.2 Å². The highest BCUT2D eigenvalue weighted by molar-refractivity contribution is 5.80. The number of rotatable bonds is 0. The first-order valence-electron chi connectivity index (χ1n) is 10.7. The zero-order chi connectivity index (χ0) is 21.4. The molecule has 0 aromatic heterocycles. The van der Waals surface area contributed by atoms with E-state index in [4.69, 9.17) is 0 Å². The maximum Gasteiger partial charge on any atom is 0.0158 e. The molecule has 0 unspecified atom stereocenters. The minimum atomic E-state index is 0. The van der Waals surface area contributed by atoms with Crippen LogP contribution in [0.4, 0.5) is 0 Å². The van der Waals surface area contributed by atoms with Gasteiger partial charge >= 0.3 is 0 Å². The van der Waals surface area contributed by atoms with Crippen LogP contribution in [0.2, 0.25) is 0 Å². The second-order valence-electron chi connectivity index (χ2n) is 10.8. The van der Waals surface area contributed by atoms with Crippen LogP contribution >= 0.6 is 0 Å². The van der Waals surface area contributed by atoms with Crippen molar-refractivity contribution in [2.75, 3.05) is 0 Å². The van der Waals surface area contributed by atoms with Crippen molar-refractivity contribution in [3.05, 3.63) is 95.1 Å². The molecule has 0 heterocycles. The predicted molar refractivity (Wildman–Crippen MR) is 135 cm³/mol. The van der Waals surface area contributed by atoms with Crippen LogP contribution in [0.15, 0.2) is 72.8 Å². The lowest BCUT2D eigenvalue weighted by molar-refractivity contribution is 0.577. The maximum absolute atomic E-state index is 2.30. The van der Waals surface area contributed by atoms with Crippen LogP contribution in [0.25, 0.3) is 11.1 Å². The van der Waals surface area contributed by atoms with Gasteiger partial charge in [-0.1, -0.05) is 136 Å². The minimum Gasteiger partial charge on any atom is -0.0776 e. The highest BCUT2D eigenvalue weighted by atomic mass is 14.4. The molecule has 0 heteroatoms. The molecule has 3 aromatic rings. The van der Waals surface area contributed by atoms with Gasteiger partial charge in [0.05, 0.1) is 0 Å². The van der Waals surface area contributed by atoms with Crippen LogP contribution in [-0.2, 0) is 16.2 Å². The lowest BCUT2D eigenvalue weighted by atomic mass is 9.82. The Morgan fingerprint density at radius 1 is 0.500 bits per heavy atom. The normalized spacial score (nSPS) is 14.0. The molecular weight excluding hydrogens is 360 g/mol. The van der Waals surface area contributed by atoms with Crippen molar-refractivity contribution in [1.82, 2.24) is 0 Å². The van der Waals surface area contributed by atoms with Gasteiger partial charge in [-0.2, -0.15) is 0 Å². The summed E-state index contributed by atoms with van der Waals surface area (Å²) in [4.78, 5) is 0. The summed E-state index contributed by atoms with van der Waals surface area (Å²) >= 11 is 0. The molecule has 0 atom stereocenters. The van der Waals surface area contributed by atoms with Gasteiger partial charge in [-0.15, -0.1) is 0 Å². The molecule has 1 aliphatic rings. The molecule has 0 bridgehead atoms. The van der Waals surface area contributed by atoms with Crippen LogP contribution in [0.5, 0.6) is 0 Å². The predicted octanol–water partition coefficient (Wildman–Crippen LogP) is 8.91. The Kier molecular flexibility index (Phi) is 6.72. The van der Waals surface area contributed by atoms with E-state index >= 15 is 0 Å². The molecule has 0 fully saturated rings. The fraction of sp³-hybridized carbons (Fsp3) is 0.400. The fourth-order valence-corrected chi connectivity index (χ4v) is 4.14. The Labute approximate surface area is 185 Å². The smallest absolute Gasteiger partial charge is 0.0158 e. The molecule has 0 nitrogen and oxygen atoms in total. The summed E-state index contributed by atoms with van der Waals surface area (Å²) in [6.07, 6.45) is 0. The van der Waals surface area contributed by atoms with Crippen LogP contribution in [0.3, 0.4) is 0 Å². The number of hydrogen-bond donors (Lipinski definition) is 0. The standard InChI is InChI=1S/C15H14.C14H22.CH4/c1-15(2)13-9-5-3-7-11(13)12-8-4-6-10-14(12)15;1-13(2,3)11-7-9-12(10-8-11)14(4,5)6;/h3-10H,1-2H3;7-10H,1-6H3;1H4. The van der Waals surface area contributed by atoms with E-state index < -0.39 is 0 Å². The average Bonchev–Trinajstić information content (AvgIpc) is 2.90. The second kappa shape index (κ2) is 8.42. The van der Waals surface area contributed by atoms with Gasteiger partial charge in [-0.3, -0.25) is 0 Å². The molecule has 0 amide bonds. The Morgan fingerprint density at radius 2 is 0.800 bits per heavy atom. The van der Waals surface area contributed by atoms with Crippen molar-refractivity contribution in [3.63, 3.8) is 0 Å². The van der Waals surface area contributed by atoms with Gasteiger partial charge in [0.15, 0.2) is 0 Å². The zero-order valence-electron chi connectivity index (χ0n) is 19.4. The first-order chi connectivity index (χ1) is 13.4. The molecule has 1 aliphatic carbocycles. The number of benzene rings is 3. The summed E-state index contributed by atoms with van der Waals surface area (Å²) in [5, 5.41) is 0. The Bertz CT molecular complexity index is 893. The quantitative estimate of drug-likeness (QED) is 0.353. The second-order valence-corrected chi connectivity index (χ2v) is 10.8. The van der Waals surface area contributed by atoms with Gasteiger partial charge in [-0.25, -0.2) is 0 Å². The Hall–Kier alpha value is -2.34. The molecule has 0 radical (unpaired) electrons. The first-order valence-corrected chi connectivity index (χ1v) is 10.7. The van der Waals surface area contributed by atoms with Gasteiger partial charge in [0, 0.05) is 5.41 Å². The van der Waals surface area contributed by atoms with E-state index in [2.05, 4.69) is 128 Å². The molecule has 0 N–H and O–H groups in total. The minimum absolute atomic E-state index is 0. The summed E-state index contributed by atoms with van der Waals surface area (Å²) in [5.74, 6) is 0. The van der Waals surface area contributed by atoms with E-state index in [1.165, 1.54) is 33.4 Å². The average molecular weight is 401 g/mol.